The van der Waals surface area contributed by atoms with Gasteiger partial charge in [0.2, 0.25) is 0 Å². The highest BCUT2D eigenvalue weighted by Crippen LogP contribution is 2.60. The molecule has 0 fully saturated rings. The van der Waals surface area contributed by atoms with E-state index in [9.17, 15) is 57.1 Å². The summed E-state index contributed by atoms with van der Waals surface area (Å²) in [6, 6.07) is 0. The predicted octanol–water partition coefficient (Wildman–Crippen LogP) is 6.06. The zero-order valence-corrected chi connectivity index (χ0v) is 13.5. The van der Waals surface area contributed by atoms with Gasteiger partial charge in [0, 0.05) is 0 Å². The highest BCUT2D eigenvalue weighted by atomic mass is 19.4. The molecule has 0 aromatic carbocycles. The van der Waals surface area contributed by atoms with Crippen LogP contribution in [0.25, 0.3) is 0 Å². The summed E-state index contributed by atoms with van der Waals surface area (Å²) < 4.78 is 167. The van der Waals surface area contributed by atoms with E-state index >= 15 is 0 Å². The maximum absolute atomic E-state index is 13.5. The topological polar surface area (TPSA) is 20.2 Å². The van der Waals surface area contributed by atoms with Crippen molar-refractivity contribution < 1.29 is 62.2 Å². The molecule has 0 heterocycles. The molecule has 0 aliphatic carbocycles. The standard InChI is InChI=1S/C13H15F13O/c1-2-3-4-5-6-7(27)8(14,15)9(16,17)10(18,19)11(20,21)12(22,23)13(24,25)26/h7,27H,2-6H2,1H3. The van der Waals surface area contributed by atoms with Crippen LogP contribution in [-0.2, 0) is 0 Å². The molecular formula is C13H15F13O. The van der Waals surface area contributed by atoms with Crippen molar-refractivity contribution >= 4 is 0 Å². The van der Waals surface area contributed by atoms with Crippen molar-refractivity contribution in [2.75, 3.05) is 0 Å². The molecule has 0 rings (SSSR count). The van der Waals surface area contributed by atoms with E-state index in [2.05, 4.69) is 0 Å². The Bertz CT molecular complexity index is 483. The van der Waals surface area contributed by atoms with Crippen molar-refractivity contribution in [1.82, 2.24) is 0 Å². The third-order valence-electron chi connectivity index (χ3n) is 3.71. The van der Waals surface area contributed by atoms with Crippen LogP contribution in [0.5, 0.6) is 0 Å². The second-order valence-corrected chi connectivity index (χ2v) is 5.78. The second-order valence-electron chi connectivity index (χ2n) is 5.78. The van der Waals surface area contributed by atoms with E-state index < -0.39 is 54.7 Å². The van der Waals surface area contributed by atoms with Gasteiger partial charge in [0.25, 0.3) is 0 Å². The first-order valence-electron chi connectivity index (χ1n) is 7.37. The molecule has 0 amide bonds. The molecule has 27 heavy (non-hydrogen) atoms. The number of hydrogen-bond acceptors (Lipinski definition) is 1. The first-order valence-corrected chi connectivity index (χ1v) is 7.37. The van der Waals surface area contributed by atoms with Crippen molar-refractivity contribution in [1.29, 1.82) is 0 Å². The third kappa shape index (κ3) is 4.24. The van der Waals surface area contributed by atoms with Crippen LogP contribution in [0, 0.1) is 0 Å². The highest BCUT2D eigenvalue weighted by molar-refractivity contribution is 5.11. The molecule has 0 aromatic rings. The minimum Gasteiger partial charge on any atom is -0.387 e. The molecule has 0 saturated heterocycles. The normalized spacial score (nSPS) is 16.6. The Morgan fingerprint density at radius 1 is 0.593 bits per heavy atom. The van der Waals surface area contributed by atoms with E-state index in [0.717, 1.165) is 0 Å². The number of rotatable bonds is 10. The minimum atomic E-state index is -7.94. The molecule has 1 N–H and O–H groups in total. The summed E-state index contributed by atoms with van der Waals surface area (Å²) in [5.74, 6) is -37.4. The van der Waals surface area contributed by atoms with Crippen LogP contribution in [0.15, 0.2) is 0 Å². The van der Waals surface area contributed by atoms with Gasteiger partial charge in [-0.15, -0.1) is 0 Å². The van der Waals surface area contributed by atoms with Crippen molar-refractivity contribution in [3.05, 3.63) is 0 Å². The molecule has 0 saturated carbocycles. The lowest BCUT2D eigenvalue weighted by Gasteiger charge is -2.40. The molecule has 1 unspecified atom stereocenters. The number of unbranched alkanes of at least 4 members (excludes halogenated alkanes) is 3. The zero-order chi connectivity index (χ0) is 22.1. The molecule has 0 bridgehead atoms. The maximum atomic E-state index is 13.5. The van der Waals surface area contributed by atoms with Crippen LogP contribution < -0.4 is 0 Å². The van der Waals surface area contributed by atoms with Crippen LogP contribution >= 0.6 is 0 Å². The lowest BCUT2D eigenvalue weighted by atomic mass is 9.90. The molecule has 0 spiro atoms. The first kappa shape index (κ1) is 26.1. The molecule has 164 valence electrons. The molecule has 0 aliphatic rings. The average molecular weight is 434 g/mol. The number of aliphatic hydroxyl groups is 1. The Hall–Kier alpha value is -0.950. The van der Waals surface area contributed by atoms with Crippen LogP contribution in [0.4, 0.5) is 57.1 Å². The van der Waals surface area contributed by atoms with Crippen LogP contribution in [-0.4, -0.2) is 47.0 Å². The number of hydrogen-bond donors (Lipinski definition) is 1. The minimum absolute atomic E-state index is 0.0495. The SMILES string of the molecule is CCCCCCC(O)C(F)(F)C(F)(F)C(F)(F)C(F)(F)C(F)(F)C(F)(F)F. The van der Waals surface area contributed by atoms with Gasteiger partial charge in [0.1, 0.15) is 6.10 Å². The molecule has 14 heteroatoms. The Kier molecular flexibility index (Phi) is 7.54. The average Bonchev–Trinajstić information content (AvgIpc) is 2.49. The van der Waals surface area contributed by atoms with Gasteiger partial charge in [0.05, 0.1) is 0 Å². The van der Waals surface area contributed by atoms with Gasteiger partial charge in [0.15, 0.2) is 0 Å². The van der Waals surface area contributed by atoms with Crippen LogP contribution in [0.2, 0.25) is 0 Å². The van der Waals surface area contributed by atoms with Crippen LogP contribution in [0.3, 0.4) is 0 Å². The molecule has 0 aromatic heterocycles. The van der Waals surface area contributed by atoms with Gasteiger partial charge in [-0.3, -0.25) is 0 Å². The van der Waals surface area contributed by atoms with Gasteiger partial charge in [-0.25, -0.2) is 0 Å². The smallest absolute Gasteiger partial charge is 0.387 e. The molecule has 1 atom stereocenters. The van der Waals surface area contributed by atoms with E-state index in [4.69, 9.17) is 5.11 Å². The molecular weight excluding hydrogens is 419 g/mol. The summed E-state index contributed by atoms with van der Waals surface area (Å²) in [6.07, 6.45) is -12.0. The van der Waals surface area contributed by atoms with E-state index in [-0.39, 0.29) is 6.42 Å². The van der Waals surface area contributed by atoms with Gasteiger partial charge < -0.3 is 5.11 Å². The van der Waals surface area contributed by atoms with E-state index in [0.29, 0.717) is 12.8 Å². The Morgan fingerprint density at radius 3 is 1.37 bits per heavy atom. The summed E-state index contributed by atoms with van der Waals surface area (Å²) in [5.41, 5.74) is 0. The van der Waals surface area contributed by atoms with E-state index in [1.165, 1.54) is 0 Å². The van der Waals surface area contributed by atoms with Gasteiger partial charge in [-0.2, -0.15) is 57.1 Å². The third-order valence-corrected chi connectivity index (χ3v) is 3.71. The number of alkyl halides is 13. The molecule has 1 nitrogen and oxygen atoms in total. The molecule has 0 radical (unpaired) electrons. The molecule has 0 aliphatic heterocycles. The zero-order valence-electron chi connectivity index (χ0n) is 13.5. The van der Waals surface area contributed by atoms with Gasteiger partial charge in [-0.05, 0) is 6.42 Å². The predicted molar refractivity (Wildman–Crippen MR) is 65.6 cm³/mol. The van der Waals surface area contributed by atoms with Crippen molar-refractivity contribution in [3.63, 3.8) is 0 Å². The quantitative estimate of drug-likeness (QED) is 0.328. The summed E-state index contributed by atoms with van der Waals surface area (Å²) in [7, 11) is 0. The number of aliphatic hydroxyl groups excluding tert-OH is 1. The lowest BCUT2D eigenvalue weighted by molar-refractivity contribution is -0.444. The fraction of sp³-hybridized carbons (Fsp3) is 1.00. The first-order chi connectivity index (χ1) is 11.7. The fourth-order valence-corrected chi connectivity index (χ4v) is 1.94. The largest absolute Gasteiger partial charge is 0.460 e. The highest BCUT2D eigenvalue weighted by Gasteiger charge is 2.91. The summed E-state index contributed by atoms with van der Waals surface area (Å²) in [5, 5.41) is 8.99. The lowest BCUT2D eigenvalue weighted by Crippen LogP contribution is -2.71. The van der Waals surface area contributed by atoms with Crippen LogP contribution in [0.1, 0.15) is 39.0 Å². The Morgan fingerprint density at radius 2 is 1.00 bits per heavy atom. The van der Waals surface area contributed by atoms with E-state index in [1.54, 1.807) is 6.92 Å². The monoisotopic (exact) mass is 434 g/mol. The summed E-state index contributed by atoms with van der Waals surface area (Å²) in [6.45, 7) is 1.63. The Balaban J connectivity index is 5.87. The second kappa shape index (κ2) is 7.82. The summed E-state index contributed by atoms with van der Waals surface area (Å²) in [4.78, 5) is 0. The van der Waals surface area contributed by atoms with Gasteiger partial charge >= 0.3 is 35.8 Å². The summed E-state index contributed by atoms with van der Waals surface area (Å²) >= 11 is 0. The van der Waals surface area contributed by atoms with Gasteiger partial charge in [-0.1, -0.05) is 32.6 Å². The number of halogens is 13. The van der Waals surface area contributed by atoms with Crippen molar-refractivity contribution in [2.24, 2.45) is 0 Å². The van der Waals surface area contributed by atoms with Crippen molar-refractivity contribution in [2.45, 2.75) is 80.9 Å². The Labute approximate surface area is 144 Å². The fourth-order valence-electron chi connectivity index (χ4n) is 1.94. The maximum Gasteiger partial charge on any atom is 0.460 e. The van der Waals surface area contributed by atoms with E-state index in [1.807, 2.05) is 0 Å². The van der Waals surface area contributed by atoms with Crippen molar-refractivity contribution in [3.8, 4) is 0 Å².